The van der Waals surface area contributed by atoms with Crippen molar-refractivity contribution in [1.82, 2.24) is 4.90 Å². The summed E-state index contributed by atoms with van der Waals surface area (Å²) in [6.07, 6.45) is 1.60. The maximum Gasteiger partial charge on any atom is 0.305 e. The molecule has 2 unspecified atom stereocenters. The topological polar surface area (TPSA) is 86.7 Å². The Hall–Kier alpha value is -2.37. The van der Waals surface area contributed by atoms with Gasteiger partial charge in [0, 0.05) is 24.7 Å². The Bertz CT molecular complexity index is 628. The van der Waals surface area contributed by atoms with Crippen molar-refractivity contribution in [2.75, 3.05) is 11.9 Å². The van der Waals surface area contributed by atoms with Crippen molar-refractivity contribution in [2.24, 2.45) is 0 Å². The van der Waals surface area contributed by atoms with Gasteiger partial charge in [-0.15, -0.1) is 0 Å². The van der Waals surface area contributed by atoms with Gasteiger partial charge >= 0.3 is 5.97 Å². The van der Waals surface area contributed by atoms with E-state index in [2.05, 4.69) is 5.32 Å². The molecule has 2 atom stereocenters. The minimum Gasteiger partial charge on any atom is -0.481 e. The zero-order valence-corrected chi connectivity index (χ0v) is 12.1. The smallest absolute Gasteiger partial charge is 0.305 e. The Balaban J connectivity index is 1.86. The third kappa shape index (κ3) is 2.68. The van der Waals surface area contributed by atoms with E-state index in [1.54, 1.807) is 11.0 Å². The molecule has 0 bridgehead atoms. The molecule has 22 heavy (non-hydrogen) atoms. The lowest BCUT2D eigenvalue weighted by molar-refractivity contribution is -0.141. The van der Waals surface area contributed by atoms with Gasteiger partial charge in [-0.1, -0.05) is 18.2 Å². The van der Waals surface area contributed by atoms with Crippen LogP contribution in [0.15, 0.2) is 24.3 Å². The van der Waals surface area contributed by atoms with Crippen LogP contribution in [0.2, 0.25) is 0 Å². The number of carbonyl (C=O) groups is 3. The number of fused-ring (bicyclic) bond motifs is 1. The first-order valence-corrected chi connectivity index (χ1v) is 7.47. The van der Waals surface area contributed by atoms with Gasteiger partial charge in [-0.3, -0.25) is 14.4 Å². The number of nitrogens with zero attached hydrogens (tertiary/aromatic N) is 1. The molecule has 1 saturated heterocycles. The molecule has 0 radical (unpaired) electrons. The quantitative estimate of drug-likeness (QED) is 0.887. The summed E-state index contributed by atoms with van der Waals surface area (Å²) in [5.74, 6) is -1.72. The molecule has 0 spiro atoms. The molecule has 6 heteroatoms. The summed E-state index contributed by atoms with van der Waals surface area (Å²) in [6, 6.07) is 7.03. The molecule has 2 aliphatic heterocycles. The van der Waals surface area contributed by atoms with E-state index < -0.39 is 11.9 Å². The molecule has 1 aromatic rings. The summed E-state index contributed by atoms with van der Waals surface area (Å²) in [6.45, 7) is 0.567. The van der Waals surface area contributed by atoms with E-state index >= 15 is 0 Å². The molecule has 2 N–H and O–H groups in total. The van der Waals surface area contributed by atoms with Gasteiger partial charge in [-0.25, -0.2) is 0 Å². The number of likely N-dealkylation sites (tertiary alicyclic amines) is 1. The van der Waals surface area contributed by atoms with E-state index in [1.807, 2.05) is 18.2 Å². The molecule has 1 aromatic carbocycles. The average molecular weight is 302 g/mol. The van der Waals surface area contributed by atoms with Crippen LogP contribution in [-0.2, 0) is 14.4 Å². The normalized spacial score (nSPS) is 23.8. The van der Waals surface area contributed by atoms with Crippen LogP contribution >= 0.6 is 0 Å². The van der Waals surface area contributed by atoms with Gasteiger partial charge in [-0.05, 0) is 24.5 Å². The van der Waals surface area contributed by atoms with Crippen LogP contribution in [0, 0.1) is 0 Å². The standard InChI is InChI=1S/C16H18N2O4/c19-14-9-12(11-5-1-2-6-13(11)17-14)16(22)18-7-3-4-10(18)8-15(20)21/h1-2,5-6,10,12H,3-4,7-9H2,(H,17,19)(H,20,21). The molecule has 2 aliphatic rings. The van der Waals surface area contributed by atoms with Crippen LogP contribution in [0.3, 0.4) is 0 Å². The van der Waals surface area contributed by atoms with Crippen LogP contribution < -0.4 is 5.32 Å². The fraction of sp³-hybridized carbons (Fsp3) is 0.438. The number of carbonyl (C=O) groups excluding carboxylic acids is 2. The fourth-order valence-corrected chi connectivity index (χ4v) is 3.37. The van der Waals surface area contributed by atoms with E-state index in [4.69, 9.17) is 5.11 Å². The number of nitrogens with one attached hydrogen (secondary N) is 1. The van der Waals surface area contributed by atoms with Gasteiger partial charge < -0.3 is 15.3 Å². The monoisotopic (exact) mass is 302 g/mol. The number of para-hydroxylation sites is 1. The number of benzene rings is 1. The lowest BCUT2D eigenvalue weighted by Crippen LogP contribution is -2.42. The molecule has 3 rings (SSSR count). The molecule has 2 heterocycles. The van der Waals surface area contributed by atoms with Crippen molar-refractivity contribution in [1.29, 1.82) is 0 Å². The molecular weight excluding hydrogens is 284 g/mol. The van der Waals surface area contributed by atoms with Gasteiger partial charge in [-0.2, -0.15) is 0 Å². The molecule has 6 nitrogen and oxygen atoms in total. The summed E-state index contributed by atoms with van der Waals surface area (Å²) in [5.41, 5.74) is 1.49. The Morgan fingerprint density at radius 1 is 1.32 bits per heavy atom. The predicted molar refractivity (Wildman–Crippen MR) is 79.4 cm³/mol. The molecule has 0 aromatic heterocycles. The van der Waals surface area contributed by atoms with Gasteiger partial charge in [0.2, 0.25) is 11.8 Å². The number of carboxylic acid groups (broad SMARTS) is 1. The van der Waals surface area contributed by atoms with Crippen molar-refractivity contribution in [3.8, 4) is 0 Å². The maximum atomic E-state index is 12.9. The van der Waals surface area contributed by atoms with E-state index in [0.717, 1.165) is 12.0 Å². The first-order valence-electron chi connectivity index (χ1n) is 7.47. The first kappa shape index (κ1) is 14.6. The lowest BCUT2D eigenvalue weighted by atomic mass is 9.89. The third-order valence-corrected chi connectivity index (χ3v) is 4.37. The number of amides is 2. The minimum absolute atomic E-state index is 0.0354. The van der Waals surface area contributed by atoms with Crippen molar-refractivity contribution < 1.29 is 19.5 Å². The summed E-state index contributed by atoms with van der Waals surface area (Å²) in [7, 11) is 0. The Kier molecular flexibility index (Phi) is 3.83. The number of hydrogen-bond acceptors (Lipinski definition) is 3. The second-order valence-electron chi connectivity index (χ2n) is 5.82. The molecule has 116 valence electrons. The van der Waals surface area contributed by atoms with Crippen molar-refractivity contribution in [3.63, 3.8) is 0 Å². The van der Waals surface area contributed by atoms with Gasteiger partial charge in [0.1, 0.15) is 0 Å². The van der Waals surface area contributed by atoms with E-state index in [-0.39, 0.29) is 30.7 Å². The highest BCUT2D eigenvalue weighted by molar-refractivity contribution is 6.01. The SMILES string of the molecule is O=C(O)CC1CCCN1C(=O)C1CC(=O)Nc2ccccc21. The minimum atomic E-state index is -0.897. The molecule has 0 saturated carbocycles. The zero-order chi connectivity index (χ0) is 15.7. The highest BCUT2D eigenvalue weighted by atomic mass is 16.4. The highest BCUT2D eigenvalue weighted by Crippen LogP contribution is 2.35. The van der Waals surface area contributed by atoms with Gasteiger partial charge in [0.05, 0.1) is 12.3 Å². The summed E-state index contributed by atoms with van der Waals surface area (Å²) < 4.78 is 0. The molecule has 1 fully saturated rings. The second kappa shape index (κ2) is 5.79. The lowest BCUT2D eigenvalue weighted by Gasteiger charge is -2.31. The Labute approximate surface area is 128 Å². The van der Waals surface area contributed by atoms with E-state index in [0.29, 0.717) is 18.7 Å². The number of hydrogen-bond donors (Lipinski definition) is 2. The molecule has 2 amide bonds. The highest BCUT2D eigenvalue weighted by Gasteiger charge is 2.38. The van der Waals surface area contributed by atoms with Crippen molar-refractivity contribution in [3.05, 3.63) is 29.8 Å². The molecular formula is C16H18N2O4. The van der Waals surface area contributed by atoms with Crippen molar-refractivity contribution in [2.45, 2.75) is 37.6 Å². The Morgan fingerprint density at radius 3 is 2.86 bits per heavy atom. The van der Waals surface area contributed by atoms with Gasteiger partial charge in [0.25, 0.3) is 0 Å². The summed E-state index contributed by atoms with van der Waals surface area (Å²) >= 11 is 0. The third-order valence-electron chi connectivity index (χ3n) is 4.37. The number of rotatable bonds is 3. The Morgan fingerprint density at radius 2 is 2.09 bits per heavy atom. The summed E-state index contributed by atoms with van der Waals surface area (Å²) in [5, 5.41) is 11.8. The number of aliphatic carboxylic acids is 1. The van der Waals surface area contributed by atoms with Crippen LogP contribution in [0.5, 0.6) is 0 Å². The number of carboxylic acids is 1. The second-order valence-corrected chi connectivity index (χ2v) is 5.82. The average Bonchev–Trinajstić information content (AvgIpc) is 2.92. The van der Waals surface area contributed by atoms with Gasteiger partial charge in [0.15, 0.2) is 0 Å². The summed E-state index contributed by atoms with van der Waals surface area (Å²) in [4.78, 5) is 37.3. The maximum absolute atomic E-state index is 12.9. The largest absolute Gasteiger partial charge is 0.481 e. The zero-order valence-electron chi connectivity index (χ0n) is 12.1. The fourth-order valence-electron chi connectivity index (χ4n) is 3.37. The van der Waals surface area contributed by atoms with Crippen LogP contribution in [-0.4, -0.2) is 40.4 Å². The van der Waals surface area contributed by atoms with Crippen LogP contribution in [0.4, 0.5) is 5.69 Å². The van der Waals surface area contributed by atoms with Crippen LogP contribution in [0.1, 0.15) is 37.2 Å². The first-order chi connectivity index (χ1) is 10.6. The van der Waals surface area contributed by atoms with E-state index in [1.165, 1.54) is 0 Å². The van der Waals surface area contributed by atoms with Crippen LogP contribution in [0.25, 0.3) is 0 Å². The van der Waals surface area contributed by atoms with E-state index in [9.17, 15) is 14.4 Å². The van der Waals surface area contributed by atoms with Crippen molar-refractivity contribution >= 4 is 23.5 Å². The number of anilines is 1. The predicted octanol–water partition coefficient (Wildman–Crippen LogP) is 1.58. The molecule has 0 aliphatic carbocycles.